The average Bonchev–Trinajstić information content (AvgIpc) is 3.14. The fourth-order valence-corrected chi connectivity index (χ4v) is 8.49. The number of ether oxygens (including phenoxy) is 2. The van der Waals surface area contributed by atoms with E-state index in [9.17, 15) is 22.3 Å². The Morgan fingerprint density at radius 2 is 1.76 bits per heavy atom. The Morgan fingerprint density at radius 3 is 2.44 bits per heavy atom. The highest BCUT2D eigenvalue weighted by atomic mass is 32.3. The van der Waals surface area contributed by atoms with Crippen molar-refractivity contribution in [2.75, 3.05) is 20.0 Å². The van der Waals surface area contributed by atoms with Crippen molar-refractivity contribution in [3.05, 3.63) is 83.4 Å². The molecule has 180 valence electrons. The lowest BCUT2D eigenvalue weighted by Gasteiger charge is -2.27. The molecule has 0 saturated heterocycles. The van der Waals surface area contributed by atoms with E-state index >= 15 is 0 Å². The lowest BCUT2D eigenvalue weighted by molar-refractivity contribution is 0.0949. The van der Waals surface area contributed by atoms with Gasteiger partial charge < -0.3 is 14.8 Å². The van der Waals surface area contributed by atoms with Gasteiger partial charge in [0.05, 0.1) is 29.8 Å². The van der Waals surface area contributed by atoms with E-state index in [4.69, 9.17) is 9.47 Å². The molecule has 1 atom stereocenters. The number of amides is 1. The summed E-state index contributed by atoms with van der Waals surface area (Å²) in [4.78, 5) is 13.3. The minimum absolute atomic E-state index is 0.0567. The number of nitrogens with one attached hydrogen (secondary N) is 1. The van der Waals surface area contributed by atoms with Gasteiger partial charge in [-0.05, 0) is 36.4 Å². The monoisotopic (exact) mass is 503 g/mol. The van der Waals surface area contributed by atoms with E-state index in [0.717, 1.165) is 0 Å². The molecule has 0 radical (unpaired) electrons. The first-order valence-corrected chi connectivity index (χ1v) is 13.6. The van der Waals surface area contributed by atoms with Gasteiger partial charge in [-0.15, -0.1) is 0 Å². The summed E-state index contributed by atoms with van der Waals surface area (Å²) in [5.74, 6) is 0.208. The molecule has 3 aromatic carbocycles. The van der Waals surface area contributed by atoms with Crippen molar-refractivity contribution in [1.29, 1.82) is 0 Å². The summed E-state index contributed by atoms with van der Waals surface area (Å²) >= 11 is 0. The Balaban J connectivity index is 1.69. The van der Waals surface area contributed by atoms with E-state index in [1.807, 2.05) is 0 Å². The fraction of sp³-hybridized carbons (Fsp3) is 0.208. The number of methoxy groups -OCH3 is 2. The Hall–Kier alpha value is -3.05. The Bertz CT molecular complexity index is 1320. The number of carbonyl (C=O) groups excluding carboxylic acids is 1. The van der Waals surface area contributed by atoms with Crippen LogP contribution < -0.4 is 14.8 Å². The van der Waals surface area contributed by atoms with Crippen molar-refractivity contribution in [3.8, 4) is 11.5 Å². The molecule has 0 spiro atoms. The summed E-state index contributed by atoms with van der Waals surface area (Å²) in [6.07, 6.45) is 0. The number of hydrogen-bond acceptors (Lipinski definition) is 7. The van der Waals surface area contributed by atoms with E-state index in [0.29, 0.717) is 17.1 Å². The van der Waals surface area contributed by atoms with Gasteiger partial charge in [0.2, 0.25) is 0 Å². The van der Waals surface area contributed by atoms with Gasteiger partial charge in [0.25, 0.3) is 5.91 Å². The van der Waals surface area contributed by atoms with E-state index in [1.54, 1.807) is 36.4 Å². The van der Waals surface area contributed by atoms with Crippen LogP contribution in [0.3, 0.4) is 0 Å². The molecule has 4 rings (SSSR count). The summed E-state index contributed by atoms with van der Waals surface area (Å²) in [7, 11) is -4.31. The lowest BCUT2D eigenvalue weighted by Crippen LogP contribution is -2.26. The van der Waals surface area contributed by atoms with Crippen molar-refractivity contribution in [3.63, 3.8) is 0 Å². The lowest BCUT2D eigenvalue weighted by atomic mass is 10.0. The predicted molar refractivity (Wildman–Crippen MR) is 130 cm³/mol. The van der Waals surface area contributed by atoms with Crippen LogP contribution in [0.15, 0.2) is 76.5 Å². The van der Waals surface area contributed by atoms with E-state index < -0.39 is 37.3 Å². The molecule has 34 heavy (non-hydrogen) atoms. The first-order valence-electron chi connectivity index (χ1n) is 10.4. The smallest absolute Gasteiger partial charge is 0.251 e. The maximum absolute atomic E-state index is 13.4. The molecule has 8 nitrogen and oxygen atoms in total. The van der Waals surface area contributed by atoms with Gasteiger partial charge in [-0.25, -0.2) is 8.42 Å². The van der Waals surface area contributed by atoms with Crippen LogP contribution in [0.5, 0.6) is 11.5 Å². The number of sulfone groups is 1. The highest BCUT2D eigenvalue weighted by molar-refractivity contribution is 8.25. The standard InChI is InChI=1S/C24H25NO7S2/c1-31-17-12-11-16(20(13-17)32-2)14-25-24(26)19-9-6-10-21-23(19)22(15-33(21,27)28)34(29,30)18-7-4-3-5-8-18/h3-13,22,27-28H,14-15H2,1-2H3,(H,25,26). The largest absolute Gasteiger partial charge is 0.497 e. The summed E-state index contributed by atoms with van der Waals surface area (Å²) in [6.45, 7) is 0.113. The summed E-state index contributed by atoms with van der Waals surface area (Å²) in [6, 6.07) is 17.5. The zero-order valence-electron chi connectivity index (χ0n) is 18.6. The second-order valence-electron chi connectivity index (χ2n) is 7.76. The zero-order valence-corrected chi connectivity index (χ0v) is 20.2. The van der Waals surface area contributed by atoms with Crippen molar-refractivity contribution >= 4 is 26.3 Å². The van der Waals surface area contributed by atoms with Crippen molar-refractivity contribution in [2.24, 2.45) is 0 Å². The molecule has 1 amide bonds. The van der Waals surface area contributed by atoms with Crippen LogP contribution in [0.25, 0.3) is 0 Å². The number of hydrogen-bond donors (Lipinski definition) is 3. The van der Waals surface area contributed by atoms with Crippen LogP contribution >= 0.6 is 10.6 Å². The average molecular weight is 504 g/mol. The molecule has 1 aliphatic rings. The van der Waals surface area contributed by atoms with Gasteiger partial charge in [-0.3, -0.25) is 13.9 Å². The molecular formula is C24H25NO7S2. The SMILES string of the molecule is COc1ccc(CNC(=O)c2cccc3c2C(S(=O)(=O)c2ccccc2)CS3(O)O)c(OC)c1. The summed E-state index contributed by atoms with van der Waals surface area (Å²) in [5, 5.41) is 1.53. The third-order valence-corrected chi connectivity index (χ3v) is 9.90. The molecule has 0 bridgehead atoms. The first-order chi connectivity index (χ1) is 16.2. The third kappa shape index (κ3) is 4.37. The maximum atomic E-state index is 13.4. The summed E-state index contributed by atoms with van der Waals surface area (Å²) in [5.41, 5.74) is 0.916. The molecule has 0 aromatic heterocycles. The van der Waals surface area contributed by atoms with Gasteiger partial charge in [0.1, 0.15) is 16.7 Å². The number of carbonyl (C=O) groups is 1. The van der Waals surface area contributed by atoms with E-state index in [1.165, 1.54) is 44.6 Å². The van der Waals surface area contributed by atoms with Gasteiger partial charge in [0, 0.05) is 29.3 Å². The van der Waals surface area contributed by atoms with Gasteiger partial charge in [-0.2, -0.15) is 10.6 Å². The molecule has 0 aliphatic carbocycles. The van der Waals surface area contributed by atoms with Crippen LogP contribution in [-0.4, -0.2) is 43.4 Å². The number of benzene rings is 3. The molecule has 1 aliphatic heterocycles. The van der Waals surface area contributed by atoms with Crippen LogP contribution in [-0.2, 0) is 16.4 Å². The molecule has 10 heteroatoms. The molecule has 3 aromatic rings. The van der Waals surface area contributed by atoms with Crippen LogP contribution in [0, 0.1) is 0 Å². The number of rotatable bonds is 7. The van der Waals surface area contributed by atoms with Crippen LogP contribution in [0.2, 0.25) is 0 Å². The van der Waals surface area contributed by atoms with Crippen LogP contribution in [0.4, 0.5) is 0 Å². The van der Waals surface area contributed by atoms with Crippen LogP contribution in [0.1, 0.15) is 26.7 Å². The Morgan fingerprint density at radius 1 is 1.03 bits per heavy atom. The zero-order chi connectivity index (χ0) is 24.5. The van der Waals surface area contributed by atoms with Gasteiger partial charge in [0.15, 0.2) is 9.84 Å². The van der Waals surface area contributed by atoms with Crippen molar-refractivity contribution < 1.29 is 31.8 Å². The molecule has 1 unspecified atom stereocenters. The second kappa shape index (κ2) is 9.30. The Kier molecular flexibility index (Phi) is 6.59. The van der Waals surface area contributed by atoms with E-state index in [-0.39, 0.29) is 27.5 Å². The third-order valence-electron chi connectivity index (χ3n) is 5.75. The predicted octanol–water partition coefficient (Wildman–Crippen LogP) is 4.27. The quantitative estimate of drug-likeness (QED) is 0.440. The topological polar surface area (TPSA) is 122 Å². The minimum Gasteiger partial charge on any atom is -0.497 e. The second-order valence-corrected chi connectivity index (χ2v) is 12.0. The molecule has 1 heterocycles. The molecule has 0 saturated carbocycles. The molecular weight excluding hydrogens is 478 g/mol. The molecule has 0 fully saturated rings. The number of fused-ring (bicyclic) bond motifs is 1. The highest BCUT2D eigenvalue weighted by Gasteiger charge is 2.45. The molecule has 3 N–H and O–H groups in total. The first kappa shape index (κ1) is 24.1. The normalized spacial score (nSPS) is 17.5. The summed E-state index contributed by atoms with van der Waals surface area (Å²) < 4.78 is 58.7. The van der Waals surface area contributed by atoms with Gasteiger partial charge >= 0.3 is 0 Å². The highest BCUT2D eigenvalue weighted by Crippen LogP contribution is 2.62. The van der Waals surface area contributed by atoms with Gasteiger partial charge in [-0.1, -0.05) is 24.3 Å². The van der Waals surface area contributed by atoms with Crippen molar-refractivity contribution in [1.82, 2.24) is 5.32 Å². The Labute approximate surface area is 199 Å². The maximum Gasteiger partial charge on any atom is 0.251 e. The van der Waals surface area contributed by atoms with Crippen molar-refractivity contribution in [2.45, 2.75) is 21.6 Å². The fourth-order valence-electron chi connectivity index (χ4n) is 4.03. The van der Waals surface area contributed by atoms with E-state index in [2.05, 4.69) is 5.32 Å². The minimum atomic E-state index is -3.98.